The molecule has 0 saturated carbocycles. The van der Waals surface area contributed by atoms with Crippen molar-refractivity contribution in [2.24, 2.45) is 5.92 Å². The Morgan fingerprint density at radius 2 is 1.61 bits per heavy atom. The van der Waals surface area contributed by atoms with E-state index in [9.17, 15) is 9.59 Å². The van der Waals surface area contributed by atoms with E-state index in [2.05, 4.69) is 24.0 Å². The van der Waals surface area contributed by atoms with E-state index in [1.54, 1.807) is 6.92 Å². The molecule has 0 radical (unpaired) electrons. The molecule has 7 nitrogen and oxygen atoms in total. The highest BCUT2D eigenvalue weighted by Gasteiger charge is 2.23. The van der Waals surface area contributed by atoms with Crippen molar-refractivity contribution in [2.45, 2.75) is 65.8 Å². The van der Waals surface area contributed by atoms with Gasteiger partial charge in [-0.2, -0.15) is 0 Å². The minimum Gasteiger partial charge on any atom is -0.421 e. The van der Waals surface area contributed by atoms with Gasteiger partial charge < -0.3 is 14.2 Å². The van der Waals surface area contributed by atoms with Crippen LogP contribution in [0.15, 0.2) is 52.9 Å². The Bertz CT molecular complexity index is 1170. The molecular formula is C29H36N4O3. The number of amides is 2. The molecular weight excluding hydrogens is 452 g/mol. The second-order valence-corrected chi connectivity index (χ2v) is 9.97. The number of para-hydroxylation sites is 1. The lowest BCUT2D eigenvalue weighted by Gasteiger charge is -2.30. The summed E-state index contributed by atoms with van der Waals surface area (Å²) >= 11 is 0. The Hall–Kier alpha value is -3.48. The van der Waals surface area contributed by atoms with E-state index in [0.717, 1.165) is 48.9 Å². The predicted molar refractivity (Wildman–Crippen MR) is 141 cm³/mol. The van der Waals surface area contributed by atoms with Crippen molar-refractivity contribution in [3.8, 4) is 11.5 Å². The zero-order valence-electron chi connectivity index (χ0n) is 21.6. The molecule has 2 heterocycles. The molecule has 0 spiro atoms. The fourth-order valence-electron chi connectivity index (χ4n) is 4.66. The number of fused-ring (bicyclic) bond motifs is 1. The van der Waals surface area contributed by atoms with Crippen LogP contribution in [0.4, 0.5) is 5.69 Å². The van der Waals surface area contributed by atoms with Crippen LogP contribution in [-0.4, -0.2) is 40.0 Å². The van der Waals surface area contributed by atoms with E-state index in [1.165, 1.54) is 0 Å². The summed E-state index contributed by atoms with van der Waals surface area (Å²) in [5, 5.41) is 7.94. The molecule has 0 aliphatic carbocycles. The zero-order valence-corrected chi connectivity index (χ0v) is 21.6. The van der Waals surface area contributed by atoms with Crippen molar-refractivity contribution in [1.82, 2.24) is 15.1 Å². The molecule has 2 aromatic carbocycles. The third-order valence-electron chi connectivity index (χ3n) is 6.53. The lowest BCUT2D eigenvalue weighted by Crippen LogP contribution is -2.36. The molecule has 3 aromatic rings. The standard InChI is InChI=1S/C29H36N4O3/c1-21(2)19-27(34)33-18-10-6-4-5-9-17-32(20-25-11-7-8-12-26(25)33)29(35)24-15-13-23(14-16-24)28-31-30-22(3)36-28/h7-8,11-16,21H,4-6,9-10,17-20H2,1-3H3. The van der Waals surface area contributed by atoms with Crippen molar-refractivity contribution in [1.29, 1.82) is 0 Å². The number of carbonyl (C=O) groups is 2. The monoisotopic (exact) mass is 488 g/mol. The molecule has 2 amide bonds. The third-order valence-corrected chi connectivity index (χ3v) is 6.53. The van der Waals surface area contributed by atoms with E-state index in [-0.39, 0.29) is 11.8 Å². The summed E-state index contributed by atoms with van der Waals surface area (Å²) in [7, 11) is 0. The number of hydrogen-bond acceptors (Lipinski definition) is 5. The van der Waals surface area contributed by atoms with Crippen LogP contribution in [0.1, 0.15) is 74.2 Å². The van der Waals surface area contributed by atoms with Gasteiger partial charge in [0.2, 0.25) is 17.7 Å². The lowest BCUT2D eigenvalue weighted by atomic mass is 10.0. The first kappa shape index (κ1) is 25.6. The molecule has 0 unspecified atom stereocenters. The van der Waals surface area contributed by atoms with Crippen molar-refractivity contribution in [2.75, 3.05) is 18.0 Å². The Morgan fingerprint density at radius 1 is 0.917 bits per heavy atom. The van der Waals surface area contributed by atoms with Gasteiger partial charge in [0.15, 0.2) is 0 Å². The molecule has 0 saturated heterocycles. The topological polar surface area (TPSA) is 79.5 Å². The predicted octanol–water partition coefficient (Wildman–Crippen LogP) is 6.03. The Kier molecular flexibility index (Phi) is 8.52. The average Bonchev–Trinajstić information content (AvgIpc) is 3.30. The quantitative estimate of drug-likeness (QED) is 0.448. The van der Waals surface area contributed by atoms with Crippen LogP contribution in [0.2, 0.25) is 0 Å². The molecule has 4 rings (SSSR count). The van der Waals surface area contributed by atoms with Gasteiger partial charge in [-0.3, -0.25) is 9.59 Å². The summed E-state index contributed by atoms with van der Waals surface area (Å²) < 4.78 is 5.51. The van der Waals surface area contributed by atoms with Gasteiger partial charge in [0.1, 0.15) is 0 Å². The number of nitrogens with zero attached hydrogens (tertiary/aromatic N) is 4. The number of benzene rings is 2. The molecule has 0 atom stereocenters. The van der Waals surface area contributed by atoms with E-state index < -0.39 is 0 Å². The molecule has 190 valence electrons. The molecule has 1 aliphatic rings. The molecule has 0 bridgehead atoms. The van der Waals surface area contributed by atoms with E-state index in [4.69, 9.17) is 4.42 Å². The third kappa shape index (κ3) is 6.39. The Balaban J connectivity index is 1.60. The van der Waals surface area contributed by atoms with Gasteiger partial charge in [0, 0.05) is 49.8 Å². The van der Waals surface area contributed by atoms with Crippen LogP contribution in [0.3, 0.4) is 0 Å². The Morgan fingerprint density at radius 3 is 2.31 bits per heavy atom. The summed E-state index contributed by atoms with van der Waals surface area (Å²) in [6.45, 7) is 7.76. The van der Waals surface area contributed by atoms with Crippen LogP contribution in [0.5, 0.6) is 0 Å². The summed E-state index contributed by atoms with van der Waals surface area (Å²) in [6.07, 6.45) is 5.73. The highest BCUT2D eigenvalue weighted by Crippen LogP contribution is 2.27. The fraction of sp³-hybridized carbons (Fsp3) is 0.448. The van der Waals surface area contributed by atoms with Crippen LogP contribution in [-0.2, 0) is 11.3 Å². The lowest BCUT2D eigenvalue weighted by molar-refractivity contribution is -0.119. The minimum atomic E-state index is -0.0184. The normalized spacial score (nSPS) is 15.2. The highest BCUT2D eigenvalue weighted by atomic mass is 16.4. The molecule has 1 aromatic heterocycles. The largest absolute Gasteiger partial charge is 0.421 e. The highest BCUT2D eigenvalue weighted by molar-refractivity contribution is 5.96. The minimum absolute atomic E-state index is 0.0184. The van der Waals surface area contributed by atoms with Gasteiger partial charge in [-0.15, -0.1) is 10.2 Å². The molecule has 7 heteroatoms. The summed E-state index contributed by atoms with van der Waals surface area (Å²) in [5.74, 6) is 1.37. The maximum atomic E-state index is 13.6. The number of aromatic nitrogens is 2. The van der Waals surface area contributed by atoms with Gasteiger partial charge in [-0.25, -0.2) is 0 Å². The second kappa shape index (κ2) is 12.0. The van der Waals surface area contributed by atoms with Gasteiger partial charge in [-0.1, -0.05) is 51.3 Å². The first-order chi connectivity index (χ1) is 17.4. The van der Waals surface area contributed by atoms with Crippen LogP contribution in [0, 0.1) is 12.8 Å². The maximum Gasteiger partial charge on any atom is 0.254 e. The van der Waals surface area contributed by atoms with Crippen molar-refractivity contribution in [3.63, 3.8) is 0 Å². The smallest absolute Gasteiger partial charge is 0.254 e. The first-order valence-electron chi connectivity index (χ1n) is 13.0. The first-order valence-corrected chi connectivity index (χ1v) is 13.0. The van der Waals surface area contributed by atoms with E-state index in [1.807, 2.05) is 58.3 Å². The van der Waals surface area contributed by atoms with Crippen molar-refractivity contribution < 1.29 is 14.0 Å². The summed E-state index contributed by atoms with van der Waals surface area (Å²) in [5.41, 5.74) is 3.32. The molecule has 0 N–H and O–H groups in total. The number of rotatable bonds is 4. The molecule has 1 aliphatic heterocycles. The fourth-order valence-corrected chi connectivity index (χ4v) is 4.66. The summed E-state index contributed by atoms with van der Waals surface area (Å²) in [4.78, 5) is 30.7. The SMILES string of the molecule is Cc1nnc(-c2ccc(C(=O)N3CCCCCCCN(C(=O)CC(C)C)c4ccccc4C3)cc2)o1. The molecule has 0 fully saturated rings. The van der Waals surface area contributed by atoms with Gasteiger partial charge in [-0.05, 0) is 54.7 Å². The van der Waals surface area contributed by atoms with Gasteiger partial charge >= 0.3 is 0 Å². The number of aryl methyl sites for hydroxylation is 1. The van der Waals surface area contributed by atoms with Crippen molar-refractivity contribution >= 4 is 17.5 Å². The molecule has 36 heavy (non-hydrogen) atoms. The summed E-state index contributed by atoms with van der Waals surface area (Å²) in [6, 6.07) is 15.3. The second-order valence-electron chi connectivity index (χ2n) is 9.97. The number of hydrogen-bond donors (Lipinski definition) is 0. The number of carbonyl (C=O) groups excluding carboxylic acids is 2. The van der Waals surface area contributed by atoms with Crippen LogP contribution in [0.25, 0.3) is 11.5 Å². The zero-order chi connectivity index (χ0) is 25.5. The maximum absolute atomic E-state index is 13.6. The van der Waals surface area contributed by atoms with Gasteiger partial charge in [0.25, 0.3) is 5.91 Å². The van der Waals surface area contributed by atoms with Crippen molar-refractivity contribution in [3.05, 3.63) is 65.5 Å². The average molecular weight is 489 g/mol. The number of anilines is 1. The Labute approximate surface area is 213 Å². The van der Waals surface area contributed by atoms with Crippen LogP contribution >= 0.6 is 0 Å². The van der Waals surface area contributed by atoms with Crippen LogP contribution < -0.4 is 4.90 Å². The van der Waals surface area contributed by atoms with Gasteiger partial charge in [0.05, 0.1) is 0 Å². The van der Waals surface area contributed by atoms with E-state index in [0.29, 0.717) is 49.3 Å². The van der Waals surface area contributed by atoms with E-state index >= 15 is 0 Å².